The molecule has 1 heterocycles. The first kappa shape index (κ1) is 17.5. The zero-order valence-electron chi connectivity index (χ0n) is 13.6. The minimum atomic E-state index is -0.371. The third-order valence-corrected chi connectivity index (χ3v) is 4.11. The van der Waals surface area contributed by atoms with Crippen LogP contribution in [-0.2, 0) is 4.74 Å². The maximum Gasteiger partial charge on any atom is 0.356 e. The number of hydrogen-bond acceptors (Lipinski definition) is 4. The first-order chi connectivity index (χ1) is 11.1. The fraction of sp³-hybridized carbons (Fsp3) is 0.333. The number of rotatable bonds is 6. The van der Waals surface area contributed by atoms with Crippen LogP contribution in [0.2, 0.25) is 0 Å². The molecule has 122 valence electrons. The van der Waals surface area contributed by atoms with Crippen molar-refractivity contribution in [1.29, 1.82) is 0 Å². The highest BCUT2D eigenvalue weighted by Gasteiger charge is 2.12. The van der Waals surface area contributed by atoms with E-state index in [1.54, 1.807) is 13.2 Å². The zero-order valence-corrected chi connectivity index (χ0v) is 15.1. The van der Waals surface area contributed by atoms with E-state index in [0.717, 1.165) is 39.9 Å². The second-order valence-electron chi connectivity index (χ2n) is 5.17. The van der Waals surface area contributed by atoms with Crippen LogP contribution in [0.4, 0.5) is 0 Å². The topological polar surface area (TPSA) is 48.4 Å². The fourth-order valence-electron chi connectivity index (χ4n) is 2.20. The number of methoxy groups -OCH3 is 1. The number of pyridine rings is 1. The molecule has 0 radical (unpaired) electrons. The SMILES string of the molecule is CCCCOC(=O)c1ccc(-c2ccc(OC)c(Br)c2)c(C)n1. The highest BCUT2D eigenvalue weighted by atomic mass is 79.9. The van der Waals surface area contributed by atoms with Crippen LogP contribution >= 0.6 is 15.9 Å². The van der Waals surface area contributed by atoms with Crippen molar-refractivity contribution < 1.29 is 14.3 Å². The molecule has 0 saturated carbocycles. The second-order valence-corrected chi connectivity index (χ2v) is 6.02. The summed E-state index contributed by atoms with van der Waals surface area (Å²) in [5, 5.41) is 0. The Bertz CT molecular complexity index is 701. The molecule has 2 rings (SSSR count). The van der Waals surface area contributed by atoms with E-state index in [2.05, 4.69) is 27.8 Å². The number of aryl methyl sites for hydroxylation is 1. The largest absolute Gasteiger partial charge is 0.496 e. The molecular weight excluding hydrogens is 358 g/mol. The predicted octanol–water partition coefficient (Wildman–Crippen LogP) is 4.79. The summed E-state index contributed by atoms with van der Waals surface area (Å²) in [6, 6.07) is 9.43. The van der Waals surface area contributed by atoms with E-state index >= 15 is 0 Å². The molecule has 5 heteroatoms. The van der Waals surface area contributed by atoms with Crippen LogP contribution in [0.5, 0.6) is 5.75 Å². The Balaban J connectivity index is 2.22. The van der Waals surface area contributed by atoms with Gasteiger partial charge in [0.05, 0.1) is 18.2 Å². The van der Waals surface area contributed by atoms with Crippen molar-refractivity contribution in [2.45, 2.75) is 26.7 Å². The quantitative estimate of drug-likeness (QED) is 0.536. The van der Waals surface area contributed by atoms with Gasteiger partial charge in [0.1, 0.15) is 11.4 Å². The van der Waals surface area contributed by atoms with Crippen molar-refractivity contribution in [3.8, 4) is 16.9 Å². The highest BCUT2D eigenvalue weighted by Crippen LogP contribution is 2.31. The summed E-state index contributed by atoms with van der Waals surface area (Å²) in [6.45, 7) is 4.37. The molecule has 0 N–H and O–H groups in total. The smallest absolute Gasteiger partial charge is 0.356 e. The van der Waals surface area contributed by atoms with Crippen molar-refractivity contribution in [2.75, 3.05) is 13.7 Å². The van der Waals surface area contributed by atoms with Gasteiger partial charge in [-0.1, -0.05) is 25.5 Å². The van der Waals surface area contributed by atoms with Crippen LogP contribution in [-0.4, -0.2) is 24.7 Å². The number of benzene rings is 1. The lowest BCUT2D eigenvalue weighted by Gasteiger charge is -2.10. The predicted molar refractivity (Wildman–Crippen MR) is 93.9 cm³/mol. The molecule has 0 unspecified atom stereocenters. The number of esters is 1. The average molecular weight is 378 g/mol. The number of carbonyl (C=O) groups excluding carboxylic acids is 1. The Morgan fingerprint density at radius 1 is 1.26 bits per heavy atom. The summed E-state index contributed by atoms with van der Waals surface area (Å²) in [5.74, 6) is 0.402. The number of hydrogen-bond donors (Lipinski definition) is 0. The Kier molecular flexibility index (Phi) is 6.16. The highest BCUT2D eigenvalue weighted by molar-refractivity contribution is 9.10. The van der Waals surface area contributed by atoms with E-state index in [4.69, 9.17) is 9.47 Å². The van der Waals surface area contributed by atoms with E-state index in [-0.39, 0.29) is 5.97 Å². The molecule has 0 amide bonds. The second kappa shape index (κ2) is 8.11. The Hall–Kier alpha value is -1.88. The van der Waals surface area contributed by atoms with E-state index in [0.29, 0.717) is 12.3 Å². The van der Waals surface area contributed by atoms with Gasteiger partial charge in [-0.25, -0.2) is 9.78 Å². The lowest BCUT2D eigenvalue weighted by atomic mass is 10.0. The van der Waals surface area contributed by atoms with Gasteiger partial charge in [0.15, 0.2) is 0 Å². The summed E-state index contributed by atoms with van der Waals surface area (Å²) in [5.41, 5.74) is 3.11. The Morgan fingerprint density at radius 2 is 2.04 bits per heavy atom. The summed E-state index contributed by atoms with van der Waals surface area (Å²) >= 11 is 3.48. The maximum atomic E-state index is 11.9. The molecule has 0 saturated heterocycles. The molecule has 0 aliphatic carbocycles. The van der Waals surface area contributed by atoms with E-state index in [1.807, 2.05) is 31.2 Å². The maximum absolute atomic E-state index is 11.9. The van der Waals surface area contributed by atoms with Gasteiger partial charge in [0, 0.05) is 11.3 Å². The van der Waals surface area contributed by atoms with E-state index in [9.17, 15) is 4.79 Å². The molecule has 0 fully saturated rings. The van der Waals surface area contributed by atoms with E-state index in [1.165, 1.54) is 0 Å². The fourth-order valence-corrected chi connectivity index (χ4v) is 2.74. The third-order valence-electron chi connectivity index (χ3n) is 3.49. The van der Waals surface area contributed by atoms with Gasteiger partial charge in [-0.15, -0.1) is 0 Å². The Morgan fingerprint density at radius 3 is 2.65 bits per heavy atom. The first-order valence-corrected chi connectivity index (χ1v) is 8.34. The Labute approximate surface area is 145 Å². The van der Waals surface area contributed by atoms with Crippen LogP contribution in [0.25, 0.3) is 11.1 Å². The molecule has 0 aliphatic rings. The number of unbranched alkanes of at least 4 members (excludes halogenated alkanes) is 1. The molecule has 1 aromatic heterocycles. The normalized spacial score (nSPS) is 10.4. The van der Waals surface area contributed by atoms with Crippen LogP contribution in [0, 0.1) is 6.92 Å². The lowest BCUT2D eigenvalue weighted by Crippen LogP contribution is -2.09. The molecular formula is C18H20BrNO3. The standard InChI is InChI=1S/C18H20BrNO3/c1-4-5-10-23-18(21)16-8-7-14(12(2)20-16)13-6-9-17(22-3)15(19)11-13/h6-9,11H,4-5,10H2,1-3H3. The molecule has 0 spiro atoms. The first-order valence-electron chi connectivity index (χ1n) is 7.55. The van der Waals surface area contributed by atoms with Crippen LogP contribution in [0.15, 0.2) is 34.8 Å². The van der Waals surface area contributed by atoms with Crippen molar-refractivity contribution in [3.63, 3.8) is 0 Å². The van der Waals surface area contributed by atoms with Crippen molar-refractivity contribution in [2.24, 2.45) is 0 Å². The van der Waals surface area contributed by atoms with Crippen LogP contribution in [0.1, 0.15) is 35.9 Å². The molecule has 4 nitrogen and oxygen atoms in total. The van der Waals surface area contributed by atoms with Crippen LogP contribution in [0.3, 0.4) is 0 Å². The molecule has 2 aromatic rings. The summed E-state index contributed by atoms with van der Waals surface area (Å²) < 4.78 is 11.3. The van der Waals surface area contributed by atoms with Gasteiger partial charge in [-0.3, -0.25) is 0 Å². The average Bonchev–Trinajstić information content (AvgIpc) is 2.54. The van der Waals surface area contributed by atoms with Gasteiger partial charge in [-0.05, 0) is 53.0 Å². The molecule has 0 aliphatic heterocycles. The van der Waals surface area contributed by atoms with Gasteiger partial charge in [0.2, 0.25) is 0 Å². The zero-order chi connectivity index (χ0) is 16.8. The van der Waals surface area contributed by atoms with Gasteiger partial charge in [0.25, 0.3) is 0 Å². The number of halogens is 1. The molecule has 0 atom stereocenters. The molecule has 0 bridgehead atoms. The van der Waals surface area contributed by atoms with Crippen molar-refractivity contribution in [1.82, 2.24) is 4.98 Å². The summed E-state index contributed by atoms with van der Waals surface area (Å²) in [6.07, 6.45) is 1.85. The number of carbonyl (C=O) groups is 1. The van der Waals surface area contributed by atoms with Crippen molar-refractivity contribution >= 4 is 21.9 Å². The minimum absolute atomic E-state index is 0.343. The molecule has 23 heavy (non-hydrogen) atoms. The third kappa shape index (κ3) is 4.32. The summed E-state index contributed by atoms with van der Waals surface area (Å²) in [4.78, 5) is 16.3. The van der Waals surface area contributed by atoms with Crippen molar-refractivity contribution in [3.05, 3.63) is 46.2 Å². The lowest BCUT2D eigenvalue weighted by molar-refractivity contribution is 0.0492. The van der Waals surface area contributed by atoms with E-state index < -0.39 is 0 Å². The van der Waals surface area contributed by atoms with Gasteiger partial charge in [-0.2, -0.15) is 0 Å². The number of ether oxygens (including phenoxy) is 2. The number of aromatic nitrogens is 1. The summed E-state index contributed by atoms with van der Waals surface area (Å²) in [7, 11) is 1.63. The van der Waals surface area contributed by atoms with Crippen LogP contribution < -0.4 is 4.74 Å². The van der Waals surface area contributed by atoms with Gasteiger partial charge >= 0.3 is 5.97 Å². The monoisotopic (exact) mass is 377 g/mol. The minimum Gasteiger partial charge on any atom is -0.496 e. The number of nitrogens with zero attached hydrogens (tertiary/aromatic N) is 1. The molecule has 1 aromatic carbocycles. The van der Waals surface area contributed by atoms with Gasteiger partial charge < -0.3 is 9.47 Å².